The summed E-state index contributed by atoms with van der Waals surface area (Å²) in [7, 11) is 0. The molecular weight excluding hydrogens is 462 g/mol. The van der Waals surface area contributed by atoms with Gasteiger partial charge in [0.2, 0.25) is 0 Å². The monoisotopic (exact) mass is 479 g/mol. The maximum absolute atomic E-state index is 12.4. The van der Waals surface area contributed by atoms with Crippen LogP contribution in [0.3, 0.4) is 0 Å². The largest absolute Gasteiger partial charge is 0.422 e. The van der Waals surface area contributed by atoms with Crippen molar-refractivity contribution in [3.63, 3.8) is 0 Å². The third-order valence-electron chi connectivity index (χ3n) is 4.10. The minimum atomic E-state index is -0.931. The second-order valence-corrected chi connectivity index (χ2v) is 7.28. The zero-order valence-corrected chi connectivity index (χ0v) is 18.0. The van der Waals surface area contributed by atoms with Crippen molar-refractivity contribution in [1.82, 2.24) is 5.43 Å². The second-order valence-electron chi connectivity index (χ2n) is 6.43. The third kappa shape index (κ3) is 6.10. The van der Waals surface area contributed by atoms with Gasteiger partial charge in [-0.1, -0.05) is 42.0 Å². The van der Waals surface area contributed by atoms with Crippen LogP contribution in [0, 0.1) is 6.92 Å². The highest BCUT2D eigenvalue weighted by Gasteiger charge is 2.15. The van der Waals surface area contributed by atoms with Crippen molar-refractivity contribution >= 4 is 45.6 Å². The summed E-state index contributed by atoms with van der Waals surface area (Å²) in [6.45, 7) is 1.92. The molecule has 0 unspecified atom stereocenters. The molecule has 0 aliphatic heterocycles. The van der Waals surface area contributed by atoms with Gasteiger partial charge in [0.05, 0.1) is 11.8 Å². The van der Waals surface area contributed by atoms with Crippen LogP contribution in [0.5, 0.6) is 5.75 Å². The molecule has 7 nitrogen and oxygen atoms in total. The summed E-state index contributed by atoms with van der Waals surface area (Å²) in [6.07, 6.45) is 1.29. The van der Waals surface area contributed by atoms with E-state index in [1.54, 1.807) is 60.7 Å². The maximum Gasteiger partial charge on any atom is 0.344 e. The summed E-state index contributed by atoms with van der Waals surface area (Å²) < 4.78 is 6.06. The lowest BCUT2D eigenvalue weighted by Crippen LogP contribution is -2.32. The smallest absolute Gasteiger partial charge is 0.344 e. The van der Waals surface area contributed by atoms with Crippen LogP contribution in [-0.2, 0) is 9.59 Å². The average Bonchev–Trinajstić information content (AvgIpc) is 2.76. The summed E-state index contributed by atoms with van der Waals surface area (Å²) in [6, 6.07) is 20.6. The number of rotatable bonds is 5. The number of halogens is 1. The highest BCUT2D eigenvalue weighted by atomic mass is 79.9. The Morgan fingerprint density at radius 1 is 0.903 bits per heavy atom. The van der Waals surface area contributed by atoms with Crippen molar-refractivity contribution in [1.29, 1.82) is 0 Å². The first-order chi connectivity index (χ1) is 14.9. The fraction of sp³-hybridized carbons (Fsp3) is 0.0435. The Labute approximate surface area is 187 Å². The normalized spacial score (nSPS) is 10.5. The molecule has 0 heterocycles. The predicted molar refractivity (Wildman–Crippen MR) is 121 cm³/mol. The number of anilines is 1. The fourth-order valence-corrected chi connectivity index (χ4v) is 2.94. The minimum Gasteiger partial charge on any atom is -0.422 e. The molecule has 8 heteroatoms. The lowest BCUT2D eigenvalue weighted by Gasteiger charge is -2.08. The summed E-state index contributed by atoms with van der Waals surface area (Å²) in [5, 5.41) is 6.27. The summed E-state index contributed by atoms with van der Waals surface area (Å²) >= 11 is 3.31. The molecule has 0 aromatic heterocycles. The number of carbonyl (C=O) groups excluding carboxylic acids is 3. The number of carbonyl (C=O) groups is 3. The highest BCUT2D eigenvalue weighted by Crippen LogP contribution is 2.21. The van der Waals surface area contributed by atoms with E-state index in [0.717, 1.165) is 5.56 Å². The van der Waals surface area contributed by atoms with E-state index in [0.29, 0.717) is 21.3 Å². The van der Waals surface area contributed by atoms with Crippen LogP contribution in [0.1, 0.15) is 21.5 Å². The topological polar surface area (TPSA) is 96.9 Å². The van der Waals surface area contributed by atoms with Gasteiger partial charge in [-0.2, -0.15) is 5.10 Å². The Morgan fingerprint density at radius 2 is 1.58 bits per heavy atom. The Morgan fingerprint density at radius 3 is 2.32 bits per heavy atom. The molecule has 0 aliphatic carbocycles. The van der Waals surface area contributed by atoms with Crippen molar-refractivity contribution in [3.05, 3.63) is 94.0 Å². The third-order valence-corrected chi connectivity index (χ3v) is 4.79. The molecule has 3 aromatic rings. The Kier molecular flexibility index (Phi) is 7.29. The quantitative estimate of drug-likeness (QED) is 0.189. The Balaban J connectivity index is 1.63. The number of hydrogen-bond acceptors (Lipinski definition) is 5. The van der Waals surface area contributed by atoms with Gasteiger partial charge in [0.1, 0.15) is 5.75 Å². The number of amides is 2. The van der Waals surface area contributed by atoms with E-state index >= 15 is 0 Å². The number of nitrogens with one attached hydrogen (secondary N) is 2. The number of hydrogen-bond donors (Lipinski definition) is 2. The number of benzene rings is 3. The van der Waals surface area contributed by atoms with Crippen LogP contribution in [0.2, 0.25) is 0 Å². The molecule has 156 valence electrons. The molecule has 3 rings (SSSR count). The number of para-hydroxylation sites is 1. The predicted octanol–water partition coefficient (Wildman–Crippen LogP) is 4.07. The molecule has 0 saturated carbocycles. The lowest BCUT2D eigenvalue weighted by molar-refractivity contribution is -0.136. The lowest BCUT2D eigenvalue weighted by atomic mass is 10.2. The number of hydrazone groups is 1. The molecule has 31 heavy (non-hydrogen) atoms. The van der Waals surface area contributed by atoms with Gasteiger partial charge in [-0.25, -0.2) is 10.2 Å². The van der Waals surface area contributed by atoms with Gasteiger partial charge < -0.3 is 10.1 Å². The van der Waals surface area contributed by atoms with Gasteiger partial charge in [0.15, 0.2) is 0 Å². The molecule has 0 fully saturated rings. The molecule has 2 amide bonds. The van der Waals surface area contributed by atoms with Gasteiger partial charge in [-0.3, -0.25) is 9.59 Å². The van der Waals surface area contributed by atoms with Crippen LogP contribution in [0.4, 0.5) is 5.69 Å². The molecule has 0 radical (unpaired) electrons. The van der Waals surface area contributed by atoms with E-state index in [9.17, 15) is 14.4 Å². The van der Waals surface area contributed by atoms with Crippen LogP contribution in [0.15, 0.2) is 82.4 Å². The van der Waals surface area contributed by atoms with E-state index in [1.165, 1.54) is 6.21 Å². The number of esters is 1. The molecular formula is C23H18BrN3O4. The van der Waals surface area contributed by atoms with E-state index in [2.05, 4.69) is 31.8 Å². The summed E-state index contributed by atoms with van der Waals surface area (Å²) in [5.74, 6) is -2.07. The molecule has 0 saturated heterocycles. The van der Waals surface area contributed by atoms with Crippen molar-refractivity contribution in [2.24, 2.45) is 5.10 Å². The highest BCUT2D eigenvalue weighted by molar-refractivity contribution is 9.10. The van der Waals surface area contributed by atoms with Gasteiger partial charge >= 0.3 is 17.8 Å². The number of ether oxygens (including phenoxy) is 1. The first-order valence-corrected chi connectivity index (χ1v) is 10.00. The van der Waals surface area contributed by atoms with Crippen molar-refractivity contribution < 1.29 is 19.1 Å². The Bertz CT molecular complexity index is 1140. The SMILES string of the molecule is Cc1ccc(NC(=O)C(=O)N/N=C/c2ccccc2OC(=O)c2ccccc2Br)cc1. The van der Waals surface area contributed by atoms with E-state index in [1.807, 2.05) is 19.1 Å². The maximum atomic E-state index is 12.4. The van der Waals surface area contributed by atoms with Crippen LogP contribution < -0.4 is 15.5 Å². The molecule has 0 spiro atoms. The van der Waals surface area contributed by atoms with E-state index < -0.39 is 17.8 Å². The van der Waals surface area contributed by atoms with Gasteiger partial charge in [0, 0.05) is 15.7 Å². The van der Waals surface area contributed by atoms with Crippen molar-refractivity contribution in [3.8, 4) is 5.75 Å². The second kappa shape index (κ2) is 10.3. The van der Waals surface area contributed by atoms with Crippen molar-refractivity contribution in [2.75, 3.05) is 5.32 Å². The van der Waals surface area contributed by atoms with E-state index in [-0.39, 0.29) is 5.75 Å². The number of aryl methyl sites for hydroxylation is 1. The minimum absolute atomic E-state index is 0.255. The van der Waals surface area contributed by atoms with E-state index in [4.69, 9.17) is 4.74 Å². The van der Waals surface area contributed by atoms with Gasteiger partial charge in [-0.05, 0) is 59.3 Å². The molecule has 0 atom stereocenters. The molecule has 3 aromatic carbocycles. The van der Waals surface area contributed by atoms with Gasteiger partial charge in [-0.15, -0.1) is 0 Å². The first-order valence-electron chi connectivity index (χ1n) is 9.21. The Hall–Kier alpha value is -3.78. The summed E-state index contributed by atoms with van der Waals surface area (Å²) in [5.41, 5.74) is 4.50. The zero-order valence-electron chi connectivity index (χ0n) is 16.5. The average molecular weight is 480 g/mol. The summed E-state index contributed by atoms with van der Waals surface area (Å²) in [4.78, 5) is 36.4. The number of nitrogens with zero attached hydrogens (tertiary/aromatic N) is 1. The molecule has 0 bridgehead atoms. The molecule has 2 N–H and O–H groups in total. The van der Waals surface area contributed by atoms with Gasteiger partial charge in [0.25, 0.3) is 0 Å². The fourth-order valence-electron chi connectivity index (χ4n) is 2.50. The standard InChI is InChI=1S/C23H18BrN3O4/c1-15-10-12-17(13-11-15)26-21(28)22(29)27-25-14-16-6-2-5-9-20(16)31-23(30)18-7-3-4-8-19(18)24/h2-14H,1H3,(H,26,28)(H,27,29)/b25-14+. The first kappa shape index (κ1) is 21.9. The van der Waals surface area contributed by atoms with Crippen LogP contribution in [-0.4, -0.2) is 24.0 Å². The van der Waals surface area contributed by atoms with Crippen LogP contribution >= 0.6 is 15.9 Å². The molecule has 0 aliphatic rings. The zero-order chi connectivity index (χ0) is 22.2. The van der Waals surface area contributed by atoms with Crippen molar-refractivity contribution in [2.45, 2.75) is 6.92 Å². The van der Waals surface area contributed by atoms with Crippen LogP contribution in [0.25, 0.3) is 0 Å².